The Morgan fingerprint density at radius 1 is 1.21 bits per heavy atom. The molecule has 106 valence electrons. The lowest BCUT2D eigenvalue weighted by Crippen LogP contribution is -2.63. The summed E-state index contributed by atoms with van der Waals surface area (Å²) in [6.45, 7) is 4.51. The van der Waals surface area contributed by atoms with E-state index in [2.05, 4.69) is 19.2 Å². The molecule has 0 bridgehead atoms. The maximum atomic E-state index is 6.24. The topological polar surface area (TPSA) is 30.5 Å². The molecule has 0 spiro atoms. The SMILES string of the molecule is CCC1(CC)C(NC)CC1Oc1ccccc1OC. The molecule has 0 aliphatic heterocycles. The quantitative estimate of drug-likeness (QED) is 0.854. The summed E-state index contributed by atoms with van der Waals surface area (Å²) in [7, 11) is 3.73. The van der Waals surface area contributed by atoms with E-state index in [4.69, 9.17) is 9.47 Å². The fourth-order valence-corrected chi connectivity index (χ4v) is 3.39. The van der Waals surface area contributed by atoms with Crippen LogP contribution in [0.2, 0.25) is 0 Å². The van der Waals surface area contributed by atoms with E-state index in [1.807, 2.05) is 31.3 Å². The van der Waals surface area contributed by atoms with Crippen molar-refractivity contribution >= 4 is 0 Å². The van der Waals surface area contributed by atoms with Crippen molar-refractivity contribution in [1.29, 1.82) is 0 Å². The molecule has 0 heterocycles. The van der Waals surface area contributed by atoms with E-state index in [1.165, 1.54) is 0 Å². The van der Waals surface area contributed by atoms with Crippen molar-refractivity contribution < 1.29 is 9.47 Å². The molecule has 2 rings (SSSR count). The fourth-order valence-electron chi connectivity index (χ4n) is 3.39. The number of methoxy groups -OCH3 is 1. The zero-order chi connectivity index (χ0) is 13.9. The maximum absolute atomic E-state index is 6.24. The first-order valence-electron chi connectivity index (χ1n) is 7.18. The normalized spacial score (nSPS) is 24.6. The Morgan fingerprint density at radius 3 is 2.37 bits per heavy atom. The van der Waals surface area contributed by atoms with E-state index in [0.717, 1.165) is 30.8 Å². The van der Waals surface area contributed by atoms with Crippen molar-refractivity contribution in [1.82, 2.24) is 5.32 Å². The first-order chi connectivity index (χ1) is 9.21. The van der Waals surface area contributed by atoms with Crippen molar-refractivity contribution in [3.8, 4) is 11.5 Å². The van der Waals surface area contributed by atoms with Gasteiger partial charge in [0.25, 0.3) is 0 Å². The van der Waals surface area contributed by atoms with Gasteiger partial charge in [0.05, 0.1) is 7.11 Å². The summed E-state index contributed by atoms with van der Waals surface area (Å²) in [6.07, 6.45) is 3.61. The number of ether oxygens (including phenoxy) is 2. The van der Waals surface area contributed by atoms with Gasteiger partial charge in [0.2, 0.25) is 0 Å². The van der Waals surface area contributed by atoms with Crippen LogP contribution in [-0.4, -0.2) is 26.3 Å². The van der Waals surface area contributed by atoms with Gasteiger partial charge in [0.1, 0.15) is 6.10 Å². The second kappa shape index (κ2) is 5.83. The highest BCUT2D eigenvalue weighted by Crippen LogP contribution is 2.49. The largest absolute Gasteiger partial charge is 0.493 e. The van der Waals surface area contributed by atoms with Gasteiger partial charge in [0, 0.05) is 17.9 Å². The fraction of sp³-hybridized carbons (Fsp3) is 0.625. The molecular formula is C16H25NO2. The minimum absolute atomic E-state index is 0.246. The highest BCUT2D eigenvalue weighted by atomic mass is 16.5. The summed E-state index contributed by atoms with van der Waals surface area (Å²) < 4.78 is 11.6. The molecule has 0 radical (unpaired) electrons. The van der Waals surface area contributed by atoms with Crippen LogP contribution in [0.4, 0.5) is 0 Å². The number of benzene rings is 1. The highest BCUT2D eigenvalue weighted by Gasteiger charge is 2.53. The van der Waals surface area contributed by atoms with Gasteiger partial charge in [-0.15, -0.1) is 0 Å². The molecular weight excluding hydrogens is 238 g/mol. The second-order valence-electron chi connectivity index (χ2n) is 5.27. The summed E-state index contributed by atoms with van der Waals surface area (Å²) in [5.41, 5.74) is 0.246. The van der Waals surface area contributed by atoms with Crippen LogP contribution in [0.25, 0.3) is 0 Å². The monoisotopic (exact) mass is 263 g/mol. The zero-order valence-electron chi connectivity index (χ0n) is 12.4. The molecule has 1 N–H and O–H groups in total. The predicted molar refractivity (Wildman–Crippen MR) is 77.9 cm³/mol. The molecule has 0 amide bonds. The minimum Gasteiger partial charge on any atom is -0.493 e. The van der Waals surface area contributed by atoms with Crippen LogP contribution in [0, 0.1) is 5.41 Å². The first-order valence-corrected chi connectivity index (χ1v) is 7.18. The van der Waals surface area contributed by atoms with Gasteiger partial charge < -0.3 is 14.8 Å². The lowest BCUT2D eigenvalue weighted by atomic mass is 9.58. The predicted octanol–water partition coefficient (Wildman–Crippen LogP) is 3.24. The van der Waals surface area contributed by atoms with Crippen LogP contribution in [0.5, 0.6) is 11.5 Å². The standard InChI is InChI=1S/C16H25NO2/c1-5-16(6-2)14(17-3)11-15(16)19-13-10-8-7-9-12(13)18-4/h7-10,14-15,17H,5-6,11H2,1-4H3. The Morgan fingerprint density at radius 2 is 1.84 bits per heavy atom. The molecule has 1 aliphatic rings. The maximum Gasteiger partial charge on any atom is 0.161 e. The van der Waals surface area contributed by atoms with Crippen molar-refractivity contribution in [2.75, 3.05) is 14.2 Å². The summed E-state index contributed by atoms with van der Waals surface area (Å²) in [5, 5.41) is 3.43. The Balaban J connectivity index is 2.15. The van der Waals surface area contributed by atoms with Crippen molar-refractivity contribution in [2.24, 2.45) is 5.41 Å². The smallest absolute Gasteiger partial charge is 0.161 e. The van der Waals surface area contributed by atoms with Crippen molar-refractivity contribution in [3.63, 3.8) is 0 Å². The summed E-state index contributed by atoms with van der Waals surface area (Å²) >= 11 is 0. The molecule has 1 aromatic rings. The molecule has 2 unspecified atom stereocenters. The third-order valence-electron chi connectivity index (χ3n) is 4.79. The summed E-state index contributed by atoms with van der Waals surface area (Å²) in [6, 6.07) is 8.45. The van der Waals surface area contributed by atoms with Gasteiger partial charge in [-0.05, 0) is 32.0 Å². The Bertz CT molecular complexity index is 415. The molecule has 3 heteroatoms. The number of rotatable bonds is 6. The Kier molecular flexibility index (Phi) is 4.35. The molecule has 2 atom stereocenters. The molecule has 0 aromatic heterocycles. The lowest BCUT2D eigenvalue weighted by Gasteiger charge is -2.55. The van der Waals surface area contributed by atoms with Gasteiger partial charge in [-0.1, -0.05) is 26.0 Å². The molecule has 19 heavy (non-hydrogen) atoms. The van der Waals surface area contributed by atoms with E-state index in [1.54, 1.807) is 7.11 Å². The number of para-hydroxylation sites is 2. The minimum atomic E-state index is 0.246. The molecule has 1 fully saturated rings. The van der Waals surface area contributed by atoms with Gasteiger partial charge in [0.15, 0.2) is 11.5 Å². The average molecular weight is 263 g/mol. The average Bonchev–Trinajstić information content (AvgIpc) is 2.45. The van der Waals surface area contributed by atoms with E-state index in [0.29, 0.717) is 6.04 Å². The van der Waals surface area contributed by atoms with Gasteiger partial charge in [-0.25, -0.2) is 0 Å². The molecule has 3 nitrogen and oxygen atoms in total. The van der Waals surface area contributed by atoms with E-state index < -0.39 is 0 Å². The third kappa shape index (κ3) is 2.32. The summed E-state index contributed by atoms with van der Waals surface area (Å²) in [5.74, 6) is 1.67. The number of hydrogen-bond donors (Lipinski definition) is 1. The third-order valence-corrected chi connectivity index (χ3v) is 4.79. The van der Waals surface area contributed by atoms with Crippen LogP contribution >= 0.6 is 0 Å². The van der Waals surface area contributed by atoms with Crippen molar-refractivity contribution in [2.45, 2.75) is 45.3 Å². The zero-order valence-corrected chi connectivity index (χ0v) is 12.4. The van der Waals surface area contributed by atoms with Crippen LogP contribution in [0.15, 0.2) is 24.3 Å². The second-order valence-corrected chi connectivity index (χ2v) is 5.27. The highest BCUT2D eigenvalue weighted by molar-refractivity contribution is 5.40. The van der Waals surface area contributed by atoms with Gasteiger partial charge in [-0.3, -0.25) is 0 Å². The van der Waals surface area contributed by atoms with E-state index >= 15 is 0 Å². The molecule has 1 aliphatic carbocycles. The number of hydrogen-bond acceptors (Lipinski definition) is 3. The Labute approximate surface area is 116 Å². The van der Waals surface area contributed by atoms with Crippen LogP contribution in [-0.2, 0) is 0 Å². The molecule has 0 saturated heterocycles. The van der Waals surface area contributed by atoms with Crippen LogP contribution in [0.3, 0.4) is 0 Å². The van der Waals surface area contributed by atoms with E-state index in [9.17, 15) is 0 Å². The van der Waals surface area contributed by atoms with Crippen LogP contribution in [0.1, 0.15) is 33.1 Å². The lowest BCUT2D eigenvalue weighted by molar-refractivity contribution is -0.0843. The first kappa shape index (κ1) is 14.2. The van der Waals surface area contributed by atoms with Crippen LogP contribution < -0.4 is 14.8 Å². The summed E-state index contributed by atoms with van der Waals surface area (Å²) in [4.78, 5) is 0. The van der Waals surface area contributed by atoms with Gasteiger partial charge in [-0.2, -0.15) is 0 Å². The molecule has 1 aromatic carbocycles. The van der Waals surface area contributed by atoms with E-state index in [-0.39, 0.29) is 11.5 Å². The number of nitrogens with one attached hydrogen (secondary N) is 1. The molecule has 1 saturated carbocycles. The van der Waals surface area contributed by atoms with Crippen molar-refractivity contribution in [3.05, 3.63) is 24.3 Å². The Hall–Kier alpha value is -1.22. The van der Waals surface area contributed by atoms with Gasteiger partial charge >= 0.3 is 0 Å².